The molecule has 68 valence electrons. The number of hydrogen-bond acceptors (Lipinski definition) is 1. The van der Waals surface area contributed by atoms with Crippen LogP contribution in [0.25, 0.3) is 11.0 Å². The maximum Gasteiger partial charge on any atom is 0.178 e. The van der Waals surface area contributed by atoms with Crippen molar-refractivity contribution < 1.29 is 0 Å². The van der Waals surface area contributed by atoms with Gasteiger partial charge in [0.2, 0.25) is 0 Å². The van der Waals surface area contributed by atoms with E-state index in [1.165, 1.54) is 5.52 Å². The van der Waals surface area contributed by atoms with Crippen molar-refractivity contribution in [3.63, 3.8) is 0 Å². The van der Waals surface area contributed by atoms with Gasteiger partial charge in [0.15, 0.2) is 4.73 Å². The Morgan fingerprint density at radius 2 is 2.00 bits per heavy atom. The molecule has 0 saturated carbocycles. The van der Waals surface area contributed by atoms with Gasteiger partial charge >= 0.3 is 0 Å². The van der Waals surface area contributed by atoms with Gasteiger partial charge in [-0.25, -0.2) is 4.98 Å². The van der Waals surface area contributed by atoms with Gasteiger partial charge in [-0.05, 0) is 41.9 Å². The Balaban J connectivity index is 2.78. The van der Waals surface area contributed by atoms with E-state index in [0.717, 1.165) is 10.3 Å². The Kier molecular flexibility index (Phi) is 2.12. The molecule has 0 aliphatic rings. The minimum absolute atomic E-state index is 0.432. The van der Waals surface area contributed by atoms with Crippen molar-refractivity contribution in [2.24, 2.45) is 0 Å². The number of rotatable bonds is 1. The number of para-hydroxylation sites is 2. The van der Waals surface area contributed by atoms with E-state index in [1.54, 1.807) is 0 Å². The van der Waals surface area contributed by atoms with Crippen LogP contribution in [0.1, 0.15) is 19.9 Å². The molecule has 3 heteroatoms. The summed E-state index contributed by atoms with van der Waals surface area (Å²) in [6, 6.07) is 8.59. The first kappa shape index (κ1) is 8.75. The van der Waals surface area contributed by atoms with Crippen molar-refractivity contribution in [2.75, 3.05) is 0 Å². The Morgan fingerprint density at radius 3 is 2.69 bits per heavy atom. The molecule has 0 unspecified atom stereocenters. The summed E-state index contributed by atoms with van der Waals surface area (Å²) in [6.45, 7) is 4.30. The summed E-state index contributed by atoms with van der Waals surface area (Å²) >= 11 is 3.46. The quantitative estimate of drug-likeness (QED) is 0.745. The highest BCUT2D eigenvalue weighted by molar-refractivity contribution is 9.10. The third kappa shape index (κ3) is 1.37. The fourth-order valence-corrected chi connectivity index (χ4v) is 2.30. The molecular weight excluding hydrogens is 228 g/mol. The summed E-state index contributed by atoms with van der Waals surface area (Å²) < 4.78 is 3.08. The molecular formula is C10H11BrN2. The lowest BCUT2D eigenvalue weighted by Crippen LogP contribution is -2.00. The number of imidazole rings is 1. The van der Waals surface area contributed by atoms with Crippen LogP contribution in [0.4, 0.5) is 0 Å². The molecule has 2 nitrogen and oxygen atoms in total. The van der Waals surface area contributed by atoms with Gasteiger partial charge in [0, 0.05) is 6.04 Å². The normalized spacial score (nSPS) is 11.4. The summed E-state index contributed by atoms with van der Waals surface area (Å²) in [5, 5.41) is 0. The third-order valence-corrected chi connectivity index (χ3v) is 2.63. The molecule has 0 aliphatic heterocycles. The Hall–Kier alpha value is -0.830. The molecule has 0 atom stereocenters. The van der Waals surface area contributed by atoms with Crippen LogP contribution in [0.3, 0.4) is 0 Å². The second-order valence-electron chi connectivity index (χ2n) is 3.33. The summed E-state index contributed by atoms with van der Waals surface area (Å²) in [6.07, 6.45) is 0. The molecule has 0 amide bonds. The molecule has 0 radical (unpaired) electrons. The SMILES string of the molecule is CC(C)n1c(Br)nc2ccccc21. The first-order chi connectivity index (χ1) is 6.20. The van der Waals surface area contributed by atoms with Crippen molar-refractivity contribution >= 4 is 27.0 Å². The van der Waals surface area contributed by atoms with E-state index < -0.39 is 0 Å². The molecule has 1 heterocycles. The number of aromatic nitrogens is 2. The zero-order chi connectivity index (χ0) is 9.42. The Bertz CT molecular complexity index is 431. The largest absolute Gasteiger partial charge is 0.316 e. The molecule has 2 aromatic rings. The van der Waals surface area contributed by atoms with Crippen LogP contribution in [0.2, 0.25) is 0 Å². The Morgan fingerprint density at radius 1 is 1.31 bits per heavy atom. The van der Waals surface area contributed by atoms with Gasteiger partial charge in [0.05, 0.1) is 11.0 Å². The number of benzene rings is 1. The fraction of sp³-hybridized carbons (Fsp3) is 0.300. The number of hydrogen-bond donors (Lipinski definition) is 0. The van der Waals surface area contributed by atoms with E-state index in [2.05, 4.69) is 45.4 Å². The average Bonchev–Trinajstić information content (AvgIpc) is 2.39. The average molecular weight is 239 g/mol. The van der Waals surface area contributed by atoms with Crippen molar-refractivity contribution in [1.82, 2.24) is 9.55 Å². The first-order valence-corrected chi connectivity index (χ1v) is 5.12. The molecule has 0 N–H and O–H groups in total. The van der Waals surface area contributed by atoms with Crippen molar-refractivity contribution in [3.8, 4) is 0 Å². The van der Waals surface area contributed by atoms with Gasteiger partial charge in [-0.2, -0.15) is 0 Å². The molecule has 0 bridgehead atoms. The van der Waals surface area contributed by atoms with Crippen LogP contribution >= 0.6 is 15.9 Å². The summed E-state index contributed by atoms with van der Waals surface area (Å²) in [7, 11) is 0. The van der Waals surface area contributed by atoms with Gasteiger partial charge < -0.3 is 4.57 Å². The molecule has 1 aromatic carbocycles. The molecule has 2 rings (SSSR count). The molecule has 0 saturated heterocycles. The third-order valence-electron chi connectivity index (χ3n) is 2.07. The van der Waals surface area contributed by atoms with E-state index in [4.69, 9.17) is 0 Å². The zero-order valence-electron chi connectivity index (χ0n) is 7.66. The Labute approximate surface area is 85.7 Å². The van der Waals surface area contributed by atoms with Gasteiger partial charge in [-0.1, -0.05) is 12.1 Å². The second-order valence-corrected chi connectivity index (χ2v) is 4.04. The lowest BCUT2D eigenvalue weighted by atomic mass is 10.3. The molecule has 1 aromatic heterocycles. The van der Waals surface area contributed by atoms with Crippen LogP contribution < -0.4 is 0 Å². The van der Waals surface area contributed by atoms with Crippen LogP contribution in [0.5, 0.6) is 0 Å². The van der Waals surface area contributed by atoms with Crippen molar-refractivity contribution in [2.45, 2.75) is 19.9 Å². The van der Waals surface area contributed by atoms with Crippen LogP contribution in [0.15, 0.2) is 29.0 Å². The smallest absolute Gasteiger partial charge is 0.178 e. The standard InChI is InChI=1S/C10H11BrN2/c1-7(2)13-9-6-4-3-5-8(9)12-10(13)11/h3-7H,1-2H3. The first-order valence-electron chi connectivity index (χ1n) is 4.32. The van der Waals surface area contributed by atoms with Gasteiger partial charge in [0.25, 0.3) is 0 Å². The predicted molar refractivity (Wildman–Crippen MR) is 57.8 cm³/mol. The molecule has 13 heavy (non-hydrogen) atoms. The minimum atomic E-state index is 0.432. The summed E-state index contributed by atoms with van der Waals surface area (Å²) in [5.41, 5.74) is 2.23. The second kappa shape index (κ2) is 3.14. The van der Waals surface area contributed by atoms with Crippen molar-refractivity contribution in [3.05, 3.63) is 29.0 Å². The van der Waals surface area contributed by atoms with Crippen molar-refractivity contribution in [1.29, 1.82) is 0 Å². The number of fused-ring (bicyclic) bond motifs is 1. The monoisotopic (exact) mass is 238 g/mol. The number of halogens is 1. The highest BCUT2D eigenvalue weighted by Gasteiger charge is 2.09. The van der Waals surface area contributed by atoms with E-state index >= 15 is 0 Å². The highest BCUT2D eigenvalue weighted by atomic mass is 79.9. The maximum atomic E-state index is 4.41. The van der Waals surface area contributed by atoms with E-state index in [-0.39, 0.29) is 0 Å². The van der Waals surface area contributed by atoms with Gasteiger partial charge in [-0.3, -0.25) is 0 Å². The topological polar surface area (TPSA) is 17.8 Å². The lowest BCUT2D eigenvalue weighted by Gasteiger charge is -2.08. The lowest BCUT2D eigenvalue weighted by molar-refractivity contribution is 0.604. The number of nitrogens with zero attached hydrogens (tertiary/aromatic N) is 2. The summed E-state index contributed by atoms with van der Waals surface area (Å²) in [4.78, 5) is 4.41. The fourth-order valence-electron chi connectivity index (χ4n) is 1.51. The van der Waals surface area contributed by atoms with E-state index in [0.29, 0.717) is 6.04 Å². The predicted octanol–water partition coefficient (Wildman–Crippen LogP) is 3.38. The summed E-state index contributed by atoms with van der Waals surface area (Å²) in [5.74, 6) is 0. The van der Waals surface area contributed by atoms with Gasteiger partial charge in [-0.15, -0.1) is 0 Å². The molecule has 0 fully saturated rings. The van der Waals surface area contributed by atoms with E-state index in [1.807, 2.05) is 18.2 Å². The van der Waals surface area contributed by atoms with E-state index in [9.17, 15) is 0 Å². The van der Waals surface area contributed by atoms with Gasteiger partial charge in [0.1, 0.15) is 0 Å². The minimum Gasteiger partial charge on any atom is -0.316 e. The molecule has 0 aliphatic carbocycles. The zero-order valence-corrected chi connectivity index (χ0v) is 9.25. The maximum absolute atomic E-state index is 4.41. The van der Waals surface area contributed by atoms with Crippen LogP contribution in [-0.2, 0) is 0 Å². The van der Waals surface area contributed by atoms with Crippen LogP contribution in [0, 0.1) is 0 Å². The van der Waals surface area contributed by atoms with Crippen LogP contribution in [-0.4, -0.2) is 9.55 Å². The highest BCUT2D eigenvalue weighted by Crippen LogP contribution is 2.23. The molecule has 0 spiro atoms.